The van der Waals surface area contributed by atoms with E-state index in [1.165, 1.54) is 5.56 Å². The van der Waals surface area contributed by atoms with E-state index in [1.807, 2.05) is 43.9 Å². The van der Waals surface area contributed by atoms with Crippen molar-refractivity contribution in [1.82, 2.24) is 9.80 Å². The average molecular weight is 396 g/mol. The number of hydrogen-bond donors (Lipinski definition) is 1. The molecule has 1 aliphatic rings. The highest BCUT2D eigenvalue weighted by molar-refractivity contribution is 5.68. The number of hydrogen-bond acceptors (Lipinski definition) is 4. The summed E-state index contributed by atoms with van der Waals surface area (Å²) in [5, 5.41) is 3.55. The SMILES string of the molecule is CC(C)(C)OC(=O)N1CCN(Cc2ccccc2)CCCNc2ccccc2C1. The third kappa shape index (κ3) is 6.79. The summed E-state index contributed by atoms with van der Waals surface area (Å²) >= 11 is 0. The first kappa shape index (κ1) is 21.2. The molecule has 0 unspecified atom stereocenters. The van der Waals surface area contributed by atoms with Crippen LogP contribution < -0.4 is 5.32 Å². The molecule has 0 aliphatic carbocycles. The lowest BCUT2D eigenvalue weighted by molar-refractivity contribution is 0.0214. The molecule has 0 saturated carbocycles. The molecule has 156 valence electrons. The third-order valence-corrected chi connectivity index (χ3v) is 4.93. The van der Waals surface area contributed by atoms with Gasteiger partial charge in [-0.2, -0.15) is 0 Å². The quantitative estimate of drug-likeness (QED) is 0.798. The van der Waals surface area contributed by atoms with Crippen molar-refractivity contribution in [2.24, 2.45) is 0 Å². The zero-order valence-electron chi connectivity index (χ0n) is 17.9. The van der Waals surface area contributed by atoms with Gasteiger partial charge in [0.1, 0.15) is 5.60 Å². The van der Waals surface area contributed by atoms with Crippen molar-refractivity contribution < 1.29 is 9.53 Å². The molecule has 0 atom stereocenters. The van der Waals surface area contributed by atoms with Crippen molar-refractivity contribution in [2.75, 3.05) is 31.5 Å². The first-order chi connectivity index (χ1) is 13.9. The molecule has 1 aliphatic heterocycles. The molecule has 5 nitrogen and oxygen atoms in total. The van der Waals surface area contributed by atoms with E-state index in [9.17, 15) is 4.79 Å². The topological polar surface area (TPSA) is 44.8 Å². The van der Waals surface area contributed by atoms with Crippen LogP contribution in [0.3, 0.4) is 0 Å². The van der Waals surface area contributed by atoms with Gasteiger partial charge in [0.2, 0.25) is 0 Å². The number of nitrogens with one attached hydrogen (secondary N) is 1. The molecule has 0 aromatic heterocycles. The molecule has 0 saturated heterocycles. The lowest BCUT2D eigenvalue weighted by Gasteiger charge is -2.30. The standard InChI is InChI=1S/C24H33N3O2/c1-24(2,3)29-23(28)27-17-16-26(18-20-10-5-4-6-11-20)15-9-14-25-22-13-8-7-12-21(22)19-27/h4-8,10-13,25H,9,14-19H2,1-3H3. The minimum atomic E-state index is -0.509. The van der Waals surface area contributed by atoms with Crippen LogP contribution in [0.5, 0.6) is 0 Å². The van der Waals surface area contributed by atoms with Gasteiger partial charge in [-0.05, 0) is 44.4 Å². The Morgan fingerprint density at radius 1 is 1.00 bits per heavy atom. The molecule has 0 bridgehead atoms. The molecular weight excluding hydrogens is 362 g/mol. The summed E-state index contributed by atoms with van der Waals surface area (Å²) in [6.45, 7) is 10.5. The normalized spacial score (nSPS) is 16.3. The fraction of sp³-hybridized carbons (Fsp3) is 0.458. The number of carbonyl (C=O) groups is 1. The second-order valence-electron chi connectivity index (χ2n) is 8.60. The second kappa shape index (κ2) is 9.79. The predicted molar refractivity (Wildman–Crippen MR) is 118 cm³/mol. The molecule has 1 heterocycles. The Kier molecular flexibility index (Phi) is 7.15. The van der Waals surface area contributed by atoms with Gasteiger partial charge in [0.25, 0.3) is 0 Å². The highest BCUT2D eigenvalue weighted by Crippen LogP contribution is 2.20. The summed E-state index contributed by atoms with van der Waals surface area (Å²) < 4.78 is 5.69. The van der Waals surface area contributed by atoms with E-state index in [-0.39, 0.29) is 6.09 Å². The lowest BCUT2D eigenvalue weighted by Crippen LogP contribution is -2.41. The van der Waals surface area contributed by atoms with Crippen LogP contribution in [-0.4, -0.2) is 47.7 Å². The zero-order chi connectivity index (χ0) is 20.7. The van der Waals surface area contributed by atoms with Gasteiger partial charge in [0.15, 0.2) is 0 Å². The lowest BCUT2D eigenvalue weighted by atomic mass is 10.1. The van der Waals surface area contributed by atoms with Crippen LogP contribution in [0.25, 0.3) is 0 Å². The van der Waals surface area contributed by atoms with Crippen molar-refractivity contribution in [3.8, 4) is 0 Å². The van der Waals surface area contributed by atoms with Crippen LogP contribution >= 0.6 is 0 Å². The van der Waals surface area contributed by atoms with Gasteiger partial charge in [-0.1, -0.05) is 48.5 Å². The summed E-state index contributed by atoms with van der Waals surface area (Å²) in [6, 6.07) is 18.7. The fourth-order valence-corrected chi connectivity index (χ4v) is 3.50. The molecule has 3 rings (SSSR count). The van der Waals surface area contributed by atoms with Gasteiger partial charge in [-0.15, -0.1) is 0 Å². The van der Waals surface area contributed by atoms with E-state index in [0.717, 1.165) is 43.9 Å². The summed E-state index contributed by atoms with van der Waals surface area (Å²) in [5.41, 5.74) is 3.00. The molecule has 5 heteroatoms. The van der Waals surface area contributed by atoms with Crippen LogP contribution in [0.4, 0.5) is 10.5 Å². The Morgan fingerprint density at radius 3 is 2.48 bits per heavy atom. The molecule has 1 amide bonds. The van der Waals surface area contributed by atoms with Crippen LogP contribution in [0, 0.1) is 0 Å². The Bertz CT molecular complexity index is 786. The maximum absolute atomic E-state index is 12.9. The summed E-state index contributed by atoms with van der Waals surface area (Å²) in [7, 11) is 0. The van der Waals surface area contributed by atoms with Crippen LogP contribution in [0.15, 0.2) is 54.6 Å². The zero-order valence-corrected chi connectivity index (χ0v) is 17.9. The first-order valence-electron chi connectivity index (χ1n) is 10.5. The maximum atomic E-state index is 12.9. The number of carbonyl (C=O) groups excluding carboxylic acids is 1. The summed E-state index contributed by atoms with van der Waals surface area (Å²) in [6.07, 6.45) is 0.791. The molecular formula is C24H33N3O2. The summed E-state index contributed by atoms with van der Waals surface area (Å²) in [5.74, 6) is 0. The smallest absolute Gasteiger partial charge is 0.410 e. The van der Waals surface area contributed by atoms with Crippen molar-refractivity contribution in [1.29, 1.82) is 0 Å². The number of fused-ring (bicyclic) bond motifs is 1. The van der Waals surface area contributed by atoms with Crippen molar-refractivity contribution in [3.05, 3.63) is 65.7 Å². The van der Waals surface area contributed by atoms with Gasteiger partial charge in [-0.3, -0.25) is 4.90 Å². The van der Waals surface area contributed by atoms with Crippen molar-refractivity contribution in [3.63, 3.8) is 0 Å². The molecule has 2 aromatic rings. The number of ether oxygens (including phenoxy) is 1. The highest BCUT2D eigenvalue weighted by atomic mass is 16.6. The fourth-order valence-electron chi connectivity index (χ4n) is 3.50. The monoisotopic (exact) mass is 395 g/mol. The van der Waals surface area contributed by atoms with Crippen molar-refractivity contribution in [2.45, 2.75) is 45.9 Å². The van der Waals surface area contributed by atoms with E-state index in [0.29, 0.717) is 13.1 Å². The molecule has 0 fully saturated rings. The predicted octanol–water partition coefficient (Wildman–Crippen LogP) is 4.74. The molecule has 2 aromatic carbocycles. The van der Waals surface area contributed by atoms with Crippen molar-refractivity contribution >= 4 is 11.8 Å². The molecule has 0 spiro atoms. The van der Waals surface area contributed by atoms with Crippen LogP contribution in [0.1, 0.15) is 38.3 Å². The van der Waals surface area contributed by atoms with Gasteiger partial charge in [0, 0.05) is 38.4 Å². The first-order valence-corrected chi connectivity index (χ1v) is 10.5. The minimum absolute atomic E-state index is 0.258. The number of amides is 1. The molecule has 29 heavy (non-hydrogen) atoms. The summed E-state index contributed by atoms with van der Waals surface area (Å²) in [4.78, 5) is 17.2. The highest BCUT2D eigenvalue weighted by Gasteiger charge is 2.24. The number of rotatable bonds is 2. The number of para-hydroxylation sites is 1. The van der Waals surface area contributed by atoms with Gasteiger partial charge in [-0.25, -0.2) is 4.79 Å². The van der Waals surface area contributed by atoms with E-state index in [1.54, 1.807) is 0 Å². The van der Waals surface area contributed by atoms with Crippen LogP contribution in [-0.2, 0) is 17.8 Å². The van der Waals surface area contributed by atoms with E-state index in [2.05, 4.69) is 46.6 Å². The van der Waals surface area contributed by atoms with Gasteiger partial charge >= 0.3 is 6.09 Å². The largest absolute Gasteiger partial charge is 0.444 e. The number of anilines is 1. The third-order valence-electron chi connectivity index (χ3n) is 4.93. The Labute approximate surface area is 174 Å². The Morgan fingerprint density at radius 2 is 1.72 bits per heavy atom. The van der Waals surface area contributed by atoms with Crippen LogP contribution in [0.2, 0.25) is 0 Å². The molecule has 1 N–H and O–H groups in total. The van der Waals surface area contributed by atoms with Gasteiger partial charge in [0.05, 0.1) is 6.54 Å². The molecule has 0 radical (unpaired) electrons. The Hall–Kier alpha value is -2.53. The van der Waals surface area contributed by atoms with E-state index < -0.39 is 5.60 Å². The minimum Gasteiger partial charge on any atom is -0.444 e. The number of nitrogens with zero attached hydrogens (tertiary/aromatic N) is 2. The number of benzene rings is 2. The second-order valence-corrected chi connectivity index (χ2v) is 8.60. The van der Waals surface area contributed by atoms with E-state index in [4.69, 9.17) is 4.74 Å². The average Bonchev–Trinajstić information content (AvgIpc) is 2.71. The maximum Gasteiger partial charge on any atom is 0.410 e. The Balaban J connectivity index is 1.78. The van der Waals surface area contributed by atoms with E-state index >= 15 is 0 Å². The van der Waals surface area contributed by atoms with Gasteiger partial charge < -0.3 is 15.0 Å².